The third kappa shape index (κ3) is 3.45. The molecule has 0 aromatic heterocycles. The summed E-state index contributed by atoms with van der Waals surface area (Å²) in [7, 11) is 0. The lowest BCUT2D eigenvalue weighted by molar-refractivity contribution is -0.147. The zero-order chi connectivity index (χ0) is 21.7. The van der Waals surface area contributed by atoms with E-state index in [1.165, 1.54) is 4.90 Å². The van der Waals surface area contributed by atoms with Crippen LogP contribution in [0.1, 0.15) is 30.4 Å². The molecule has 2 aliphatic carbocycles. The maximum absolute atomic E-state index is 13.5. The molecule has 2 aromatic carbocycles. The van der Waals surface area contributed by atoms with Gasteiger partial charge < -0.3 is 5.32 Å². The Morgan fingerprint density at radius 1 is 1.06 bits per heavy atom. The van der Waals surface area contributed by atoms with Crippen LogP contribution in [0.5, 0.6) is 0 Å². The lowest BCUT2D eigenvalue weighted by Gasteiger charge is -2.27. The van der Waals surface area contributed by atoms with Crippen LogP contribution in [0.3, 0.4) is 0 Å². The van der Waals surface area contributed by atoms with Crippen LogP contribution in [-0.4, -0.2) is 28.7 Å². The quantitative estimate of drug-likeness (QED) is 0.713. The Morgan fingerprint density at radius 3 is 2.35 bits per heavy atom. The lowest BCUT2D eigenvalue weighted by atomic mass is 9.81. The number of anilines is 1. The lowest BCUT2D eigenvalue weighted by Crippen LogP contribution is -2.49. The molecule has 3 aliphatic rings. The molecule has 1 saturated heterocycles. The normalized spacial score (nSPS) is 27.5. The van der Waals surface area contributed by atoms with Crippen LogP contribution in [-0.2, 0) is 20.8 Å². The van der Waals surface area contributed by atoms with E-state index < -0.39 is 6.04 Å². The van der Waals surface area contributed by atoms with Crippen molar-refractivity contribution in [3.8, 4) is 0 Å². The first-order valence-electron chi connectivity index (χ1n) is 10.9. The smallest absolute Gasteiger partial charge is 0.248 e. The van der Waals surface area contributed by atoms with Crippen LogP contribution in [0, 0.1) is 30.6 Å². The van der Waals surface area contributed by atoms with Crippen LogP contribution in [0.25, 0.3) is 0 Å². The summed E-state index contributed by atoms with van der Waals surface area (Å²) in [6.07, 6.45) is 3.28. The summed E-state index contributed by atoms with van der Waals surface area (Å²) < 4.78 is 0. The van der Waals surface area contributed by atoms with E-state index in [-0.39, 0.29) is 41.4 Å². The summed E-state index contributed by atoms with van der Waals surface area (Å²) in [4.78, 5) is 41.5. The van der Waals surface area contributed by atoms with Crippen molar-refractivity contribution in [2.24, 2.45) is 23.7 Å². The van der Waals surface area contributed by atoms with Crippen molar-refractivity contribution < 1.29 is 14.4 Å². The van der Waals surface area contributed by atoms with Crippen LogP contribution in [0.4, 0.5) is 5.69 Å². The zero-order valence-corrected chi connectivity index (χ0v) is 18.1. The number of benzene rings is 2. The number of likely N-dealkylation sites (tertiary alicyclic amines) is 1. The number of nitrogens with one attached hydrogen (secondary N) is 1. The van der Waals surface area contributed by atoms with Gasteiger partial charge in [-0.05, 0) is 61.3 Å². The van der Waals surface area contributed by atoms with E-state index in [0.717, 1.165) is 30.4 Å². The van der Waals surface area contributed by atoms with E-state index in [2.05, 4.69) is 5.32 Å². The second-order valence-corrected chi connectivity index (χ2v) is 9.52. The maximum atomic E-state index is 13.5. The molecule has 1 heterocycles. The van der Waals surface area contributed by atoms with Gasteiger partial charge in [-0.1, -0.05) is 48.0 Å². The van der Waals surface area contributed by atoms with Crippen LogP contribution in [0.15, 0.2) is 48.5 Å². The number of aryl methyl sites for hydroxylation is 1. The number of amides is 3. The Hall–Kier alpha value is -2.66. The van der Waals surface area contributed by atoms with Crippen LogP contribution >= 0.6 is 11.6 Å². The van der Waals surface area contributed by atoms with Crippen molar-refractivity contribution in [3.05, 3.63) is 64.7 Å². The van der Waals surface area contributed by atoms with Gasteiger partial charge in [-0.25, -0.2) is 0 Å². The fourth-order valence-electron chi connectivity index (χ4n) is 5.82. The molecule has 0 spiro atoms. The molecule has 1 N–H and O–H groups in total. The average molecular weight is 437 g/mol. The molecule has 1 aliphatic heterocycles. The van der Waals surface area contributed by atoms with Gasteiger partial charge in [0, 0.05) is 17.1 Å². The molecule has 3 amide bonds. The molecular formula is C25H25ClN2O3. The second-order valence-electron chi connectivity index (χ2n) is 9.09. The molecular weight excluding hydrogens is 412 g/mol. The highest BCUT2D eigenvalue weighted by molar-refractivity contribution is 6.31. The molecule has 6 heteroatoms. The summed E-state index contributed by atoms with van der Waals surface area (Å²) in [5.74, 6) is -0.611. The Balaban J connectivity index is 1.47. The van der Waals surface area contributed by atoms with Crippen molar-refractivity contribution >= 4 is 35.0 Å². The molecule has 0 unspecified atom stereocenters. The average Bonchev–Trinajstić information content (AvgIpc) is 3.44. The molecule has 5 atom stereocenters. The molecule has 2 aromatic rings. The van der Waals surface area contributed by atoms with E-state index in [9.17, 15) is 14.4 Å². The van der Waals surface area contributed by atoms with Gasteiger partial charge in [-0.3, -0.25) is 19.3 Å². The Labute approximate surface area is 186 Å². The summed E-state index contributed by atoms with van der Waals surface area (Å²) in [6.45, 7) is 1.88. The number of hydrogen-bond donors (Lipinski definition) is 1. The minimum absolute atomic E-state index is 0.166. The molecule has 5 rings (SSSR count). The summed E-state index contributed by atoms with van der Waals surface area (Å²) in [6, 6.07) is 13.9. The Bertz CT molecular complexity index is 1030. The molecule has 160 valence electrons. The molecule has 2 saturated carbocycles. The zero-order valence-electron chi connectivity index (χ0n) is 17.4. The van der Waals surface area contributed by atoms with Crippen LogP contribution < -0.4 is 5.32 Å². The van der Waals surface area contributed by atoms with Gasteiger partial charge in [0.1, 0.15) is 6.04 Å². The molecule has 0 radical (unpaired) electrons. The van der Waals surface area contributed by atoms with Gasteiger partial charge in [0.25, 0.3) is 0 Å². The van der Waals surface area contributed by atoms with Crippen LogP contribution in [0.2, 0.25) is 5.02 Å². The number of rotatable bonds is 5. The van der Waals surface area contributed by atoms with Gasteiger partial charge >= 0.3 is 0 Å². The minimum atomic E-state index is -0.884. The maximum Gasteiger partial charge on any atom is 0.248 e. The predicted molar refractivity (Wildman–Crippen MR) is 118 cm³/mol. The first-order chi connectivity index (χ1) is 14.9. The van der Waals surface area contributed by atoms with Gasteiger partial charge in [-0.2, -0.15) is 0 Å². The number of fused-ring (bicyclic) bond motifs is 5. The van der Waals surface area contributed by atoms with Crippen molar-refractivity contribution in [3.63, 3.8) is 0 Å². The first-order valence-corrected chi connectivity index (χ1v) is 11.3. The standard InChI is InChI=1S/C25H25ClN2O3/c1-14-7-10-18(26)13-19(14)27-23(29)20(11-15-5-3-2-4-6-15)28-24(30)21-16-8-9-17(12-16)22(21)25(28)31/h2-7,10,13,16-17,20-22H,8-9,11-12H2,1H3,(H,27,29)/t16-,17-,20-,21-,22+/m0/s1. The van der Waals surface area contributed by atoms with E-state index in [1.54, 1.807) is 12.1 Å². The highest BCUT2D eigenvalue weighted by Crippen LogP contribution is 2.56. The number of carbonyl (C=O) groups excluding carboxylic acids is 3. The van der Waals surface area contributed by atoms with Crippen molar-refractivity contribution in [1.29, 1.82) is 0 Å². The highest BCUT2D eigenvalue weighted by Gasteiger charge is 2.62. The minimum Gasteiger partial charge on any atom is -0.324 e. The van der Waals surface area contributed by atoms with Crippen molar-refractivity contribution in [2.75, 3.05) is 5.32 Å². The number of carbonyl (C=O) groups is 3. The number of halogens is 1. The largest absolute Gasteiger partial charge is 0.324 e. The van der Waals surface area contributed by atoms with Gasteiger partial charge in [0.2, 0.25) is 17.7 Å². The fraction of sp³-hybridized carbons (Fsp3) is 0.400. The van der Waals surface area contributed by atoms with Gasteiger partial charge in [-0.15, -0.1) is 0 Å². The van der Waals surface area contributed by atoms with Crippen molar-refractivity contribution in [1.82, 2.24) is 4.90 Å². The molecule has 3 fully saturated rings. The van der Waals surface area contributed by atoms with E-state index in [1.807, 2.05) is 43.3 Å². The topological polar surface area (TPSA) is 66.5 Å². The predicted octanol–water partition coefficient (Wildman–Crippen LogP) is 4.23. The monoisotopic (exact) mass is 436 g/mol. The summed E-state index contributed by atoms with van der Waals surface area (Å²) >= 11 is 6.12. The van der Waals surface area contributed by atoms with Gasteiger partial charge in [0.15, 0.2) is 0 Å². The highest BCUT2D eigenvalue weighted by atomic mass is 35.5. The second kappa shape index (κ2) is 7.79. The summed E-state index contributed by atoms with van der Waals surface area (Å²) in [5.41, 5.74) is 2.37. The van der Waals surface area contributed by atoms with E-state index in [4.69, 9.17) is 11.6 Å². The first kappa shape index (κ1) is 20.3. The number of imide groups is 1. The molecule has 5 nitrogen and oxygen atoms in total. The third-order valence-electron chi connectivity index (χ3n) is 7.31. The third-order valence-corrected chi connectivity index (χ3v) is 7.54. The number of hydrogen-bond acceptors (Lipinski definition) is 3. The number of nitrogens with zero attached hydrogens (tertiary/aromatic N) is 1. The Kier molecular flexibility index (Phi) is 5.09. The van der Waals surface area contributed by atoms with E-state index >= 15 is 0 Å². The SMILES string of the molecule is Cc1ccc(Cl)cc1NC(=O)[C@H](Cc1ccccc1)N1C(=O)[C@@H]2[C@H]3CC[C@@H](C3)[C@@H]2C1=O. The van der Waals surface area contributed by atoms with Gasteiger partial charge in [0.05, 0.1) is 11.8 Å². The molecule has 31 heavy (non-hydrogen) atoms. The molecule has 2 bridgehead atoms. The summed E-state index contributed by atoms with van der Waals surface area (Å²) in [5, 5.41) is 3.44. The Morgan fingerprint density at radius 2 is 1.71 bits per heavy atom. The fourth-order valence-corrected chi connectivity index (χ4v) is 5.99. The van der Waals surface area contributed by atoms with Crippen molar-refractivity contribution in [2.45, 2.75) is 38.6 Å². The van der Waals surface area contributed by atoms with E-state index in [0.29, 0.717) is 17.1 Å².